The first-order chi connectivity index (χ1) is 32.0. The minimum absolute atomic E-state index is 0.0195. The Morgan fingerprint density at radius 1 is 0.485 bits per heavy atom. The van der Waals surface area contributed by atoms with Gasteiger partial charge < -0.3 is 23.6 Å². The van der Waals surface area contributed by atoms with Gasteiger partial charge >= 0.3 is 6.85 Å². The summed E-state index contributed by atoms with van der Waals surface area (Å²) in [6.07, 6.45) is 0. The molecule has 0 unspecified atom stereocenters. The van der Waals surface area contributed by atoms with Crippen LogP contribution in [0.2, 0.25) is 0 Å². The fourth-order valence-corrected chi connectivity index (χ4v) is 11.3. The van der Waals surface area contributed by atoms with Crippen molar-refractivity contribution < 1.29 is 13.9 Å². The highest BCUT2D eigenvalue weighted by atomic mass is 16.6. The van der Waals surface area contributed by atoms with E-state index >= 15 is 0 Å². The number of para-hydroxylation sites is 4. The molecule has 0 N–H and O–H groups in total. The largest absolute Gasteiger partial charge is 0.454 e. The lowest BCUT2D eigenvalue weighted by Crippen LogP contribution is -2.61. The van der Waals surface area contributed by atoms with E-state index in [1.165, 1.54) is 66.3 Å². The van der Waals surface area contributed by atoms with Gasteiger partial charge in [-0.25, -0.2) is 0 Å². The summed E-state index contributed by atoms with van der Waals surface area (Å²) in [4.78, 5) is 5.06. The average Bonchev–Trinajstić information content (AvgIpc) is 3.69. The SMILES string of the molecule is Cc1cc(C)c(-c2cc3c4c(c2)N(c2ccc(C(C)(C)C)cc2C)c2cc5c(cc2B4N(c2cccc4c2oc2ccccc24)c2ccc4ccccc4c2-3)Oc2ccccc2O5)c(C)c1. The number of aryl methyl sites for hydroxylation is 4. The maximum atomic E-state index is 6.95. The highest BCUT2D eigenvalue weighted by molar-refractivity contribution is 6.94. The van der Waals surface area contributed by atoms with Gasteiger partial charge in [0, 0.05) is 45.2 Å². The van der Waals surface area contributed by atoms with E-state index in [4.69, 9.17) is 13.9 Å². The molecule has 5 nitrogen and oxygen atoms in total. The standard InChI is InChI=1S/C60H47BN2O3/c1-34-27-36(3)56(37(4)28-34)39-30-44-57-41-16-9-8-15-38(41)23-25-47(57)63(48-19-14-18-43-42-17-10-11-20-51(42)66-59(43)48)61-45-32-54-55(65-53-22-13-12-21-52(53)64-54)33-49(45)62(50(31-39)58(44)61)46-26-24-40(29-35(46)2)60(5,6)7/h8-33H,1-7H3. The summed E-state index contributed by atoms with van der Waals surface area (Å²) in [5, 5.41) is 4.58. The van der Waals surface area contributed by atoms with Crippen LogP contribution in [0.25, 0.3) is 55.0 Å². The molecule has 10 aromatic rings. The first kappa shape index (κ1) is 38.7. The third kappa shape index (κ3) is 5.60. The molecule has 13 rings (SSSR count). The van der Waals surface area contributed by atoms with Crippen LogP contribution >= 0.6 is 0 Å². The van der Waals surface area contributed by atoms with Crippen LogP contribution in [0.4, 0.5) is 28.4 Å². The van der Waals surface area contributed by atoms with Crippen LogP contribution < -0.4 is 30.1 Å². The van der Waals surface area contributed by atoms with Crippen LogP contribution in [0.1, 0.15) is 48.6 Å². The van der Waals surface area contributed by atoms with Crippen molar-refractivity contribution in [3.05, 3.63) is 186 Å². The van der Waals surface area contributed by atoms with Gasteiger partial charge in [0.05, 0.1) is 5.69 Å². The van der Waals surface area contributed by atoms with E-state index in [1.807, 2.05) is 24.3 Å². The fraction of sp³-hybridized carbons (Fsp3) is 0.133. The molecule has 3 aliphatic heterocycles. The maximum absolute atomic E-state index is 6.95. The monoisotopic (exact) mass is 854 g/mol. The van der Waals surface area contributed by atoms with E-state index in [9.17, 15) is 0 Å². The number of benzene rings is 9. The van der Waals surface area contributed by atoms with Crippen molar-refractivity contribution in [3.8, 4) is 45.3 Å². The minimum atomic E-state index is -0.303. The van der Waals surface area contributed by atoms with E-state index in [0.717, 1.165) is 55.8 Å². The van der Waals surface area contributed by atoms with E-state index < -0.39 is 0 Å². The zero-order valence-electron chi connectivity index (χ0n) is 38.2. The number of anilines is 5. The van der Waals surface area contributed by atoms with Gasteiger partial charge in [-0.3, -0.25) is 0 Å². The summed E-state index contributed by atoms with van der Waals surface area (Å²) < 4.78 is 20.5. The second kappa shape index (κ2) is 13.9. The Morgan fingerprint density at radius 3 is 1.92 bits per heavy atom. The maximum Gasteiger partial charge on any atom is 0.333 e. The molecular weight excluding hydrogens is 807 g/mol. The molecule has 1 aromatic heterocycles. The summed E-state index contributed by atoms with van der Waals surface area (Å²) in [5.74, 6) is 2.76. The molecule has 66 heavy (non-hydrogen) atoms. The molecule has 9 aromatic carbocycles. The van der Waals surface area contributed by atoms with Gasteiger partial charge in [0.25, 0.3) is 0 Å². The molecule has 6 heteroatoms. The van der Waals surface area contributed by atoms with E-state index in [2.05, 4.69) is 192 Å². The van der Waals surface area contributed by atoms with Crippen LogP contribution in [-0.4, -0.2) is 6.85 Å². The van der Waals surface area contributed by atoms with Crippen LogP contribution in [0, 0.1) is 27.7 Å². The number of fused-ring (bicyclic) bond motifs is 11. The molecular formula is C60H47BN2O3. The summed E-state index contributed by atoms with van der Waals surface area (Å²) in [6, 6.07) is 57.4. The van der Waals surface area contributed by atoms with Gasteiger partial charge in [-0.15, -0.1) is 0 Å². The first-order valence-electron chi connectivity index (χ1n) is 23.0. The average molecular weight is 855 g/mol. The lowest BCUT2D eigenvalue weighted by atomic mass is 9.43. The fourth-order valence-electron chi connectivity index (χ4n) is 11.3. The zero-order valence-corrected chi connectivity index (χ0v) is 38.2. The minimum Gasteiger partial charge on any atom is -0.454 e. The summed E-state index contributed by atoms with van der Waals surface area (Å²) >= 11 is 0. The topological polar surface area (TPSA) is 38.1 Å². The molecule has 0 bridgehead atoms. The molecule has 0 aliphatic carbocycles. The Hall–Kier alpha value is -7.70. The number of rotatable bonds is 3. The van der Waals surface area contributed by atoms with Crippen molar-refractivity contribution in [3.63, 3.8) is 0 Å². The molecule has 3 aliphatic rings. The Morgan fingerprint density at radius 2 is 1.17 bits per heavy atom. The van der Waals surface area contributed by atoms with E-state index in [0.29, 0.717) is 23.0 Å². The number of furan rings is 1. The predicted octanol–water partition coefficient (Wildman–Crippen LogP) is 15.5. The Bertz CT molecular complexity index is 3700. The lowest BCUT2D eigenvalue weighted by molar-refractivity contribution is 0.360. The number of nitrogens with zero attached hydrogens (tertiary/aromatic N) is 2. The van der Waals surface area contributed by atoms with E-state index in [-0.39, 0.29) is 12.3 Å². The van der Waals surface area contributed by atoms with Crippen molar-refractivity contribution in [1.82, 2.24) is 0 Å². The Balaban J connectivity index is 1.20. The summed E-state index contributed by atoms with van der Waals surface area (Å²) in [5.41, 5.74) is 20.6. The van der Waals surface area contributed by atoms with Gasteiger partial charge in [0.2, 0.25) is 0 Å². The molecule has 4 heterocycles. The predicted molar refractivity (Wildman–Crippen MR) is 275 cm³/mol. The third-order valence-corrected chi connectivity index (χ3v) is 14.2. The number of hydrogen-bond acceptors (Lipinski definition) is 5. The number of hydrogen-bond donors (Lipinski definition) is 0. The summed E-state index contributed by atoms with van der Waals surface area (Å²) in [6.45, 7) is 15.5. The first-order valence-corrected chi connectivity index (χ1v) is 23.0. The zero-order chi connectivity index (χ0) is 44.7. The van der Waals surface area contributed by atoms with Gasteiger partial charge in [-0.05, 0) is 148 Å². The quantitative estimate of drug-likeness (QED) is 0.166. The third-order valence-electron chi connectivity index (χ3n) is 14.2. The van der Waals surface area contributed by atoms with Crippen LogP contribution in [0.5, 0.6) is 23.0 Å². The molecule has 0 spiro atoms. The van der Waals surface area contributed by atoms with Gasteiger partial charge in [0.1, 0.15) is 5.58 Å². The van der Waals surface area contributed by atoms with Crippen molar-refractivity contribution in [2.45, 2.75) is 53.9 Å². The van der Waals surface area contributed by atoms with Crippen molar-refractivity contribution in [2.75, 3.05) is 9.71 Å². The second-order valence-electron chi connectivity index (χ2n) is 19.5. The van der Waals surface area contributed by atoms with Gasteiger partial charge in [-0.1, -0.05) is 123 Å². The molecule has 0 atom stereocenters. The van der Waals surface area contributed by atoms with Crippen LogP contribution in [0.3, 0.4) is 0 Å². The number of ether oxygens (including phenoxy) is 2. The molecule has 0 fully saturated rings. The Kier molecular flexibility index (Phi) is 8.16. The normalized spacial score (nSPS) is 13.5. The molecule has 0 amide bonds. The van der Waals surface area contributed by atoms with Crippen molar-refractivity contribution in [2.24, 2.45) is 0 Å². The van der Waals surface area contributed by atoms with Gasteiger partial charge in [0.15, 0.2) is 28.6 Å². The van der Waals surface area contributed by atoms with Crippen molar-refractivity contribution >= 4 is 78.9 Å². The molecule has 318 valence electrons. The Labute approximate surface area is 385 Å². The van der Waals surface area contributed by atoms with Crippen LogP contribution in [-0.2, 0) is 5.41 Å². The van der Waals surface area contributed by atoms with Gasteiger partial charge in [-0.2, -0.15) is 0 Å². The molecule has 0 saturated heterocycles. The van der Waals surface area contributed by atoms with E-state index in [1.54, 1.807) is 0 Å². The highest BCUT2D eigenvalue weighted by Gasteiger charge is 2.47. The second-order valence-corrected chi connectivity index (χ2v) is 19.5. The summed E-state index contributed by atoms with van der Waals surface area (Å²) in [7, 11) is 0. The van der Waals surface area contributed by atoms with Crippen molar-refractivity contribution in [1.29, 1.82) is 0 Å². The lowest BCUT2D eigenvalue weighted by Gasteiger charge is -2.46. The van der Waals surface area contributed by atoms with Crippen LogP contribution in [0.15, 0.2) is 162 Å². The molecule has 0 saturated carbocycles. The smallest absolute Gasteiger partial charge is 0.333 e. The molecule has 0 radical (unpaired) electrons. The highest BCUT2D eigenvalue weighted by Crippen LogP contribution is 2.54.